The highest BCUT2D eigenvalue weighted by Crippen LogP contribution is 2.12. The van der Waals surface area contributed by atoms with Gasteiger partial charge < -0.3 is 10.1 Å². The van der Waals surface area contributed by atoms with Crippen LogP contribution in [0, 0.1) is 10.1 Å². The van der Waals surface area contributed by atoms with Crippen LogP contribution in [0.4, 0.5) is 10.5 Å². The van der Waals surface area contributed by atoms with Gasteiger partial charge in [-0.3, -0.25) is 20.2 Å². The molecule has 1 atom stereocenters. The van der Waals surface area contributed by atoms with Gasteiger partial charge in [-0.1, -0.05) is 0 Å². The van der Waals surface area contributed by atoms with E-state index in [9.17, 15) is 24.5 Å². The van der Waals surface area contributed by atoms with E-state index in [2.05, 4.69) is 5.32 Å². The van der Waals surface area contributed by atoms with Crippen LogP contribution >= 0.6 is 0 Å². The van der Waals surface area contributed by atoms with Crippen LogP contribution in [0.5, 0.6) is 0 Å². The first-order valence-electron chi connectivity index (χ1n) is 7.05. The predicted octanol–water partition coefficient (Wildman–Crippen LogP) is 1.39. The number of benzene rings is 1. The number of imide groups is 1. The summed E-state index contributed by atoms with van der Waals surface area (Å²) in [7, 11) is 0. The highest BCUT2D eigenvalue weighted by atomic mass is 16.6. The van der Waals surface area contributed by atoms with Gasteiger partial charge in [0.1, 0.15) is 0 Å². The van der Waals surface area contributed by atoms with Crippen molar-refractivity contribution < 1.29 is 24.0 Å². The highest BCUT2D eigenvalue weighted by Gasteiger charge is 2.18. The summed E-state index contributed by atoms with van der Waals surface area (Å²) in [6.45, 7) is 3.37. The van der Waals surface area contributed by atoms with E-state index in [0.29, 0.717) is 12.1 Å². The lowest BCUT2D eigenvalue weighted by Crippen LogP contribution is -2.44. The number of urea groups is 1. The lowest BCUT2D eigenvalue weighted by atomic mass is 10.2. The van der Waals surface area contributed by atoms with Gasteiger partial charge in [0.15, 0.2) is 6.10 Å². The number of rotatable bonds is 6. The smallest absolute Gasteiger partial charge is 0.331 e. The molecule has 0 saturated carbocycles. The van der Waals surface area contributed by atoms with E-state index in [0.717, 1.165) is 6.08 Å². The summed E-state index contributed by atoms with van der Waals surface area (Å²) in [5.74, 6) is -1.54. The van der Waals surface area contributed by atoms with Crippen molar-refractivity contribution in [1.82, 2.24) is 10.6 Å². The summed E-state index contributed by atoms with van der Waals surface area (Å²) in [5, 5.41) is 14.9. The van der Waals surface area contributed by atoms with Crippen molar-refractivity contribution in [3.8, 4) is 0 Å². The number of non-ortho nitro benzene ring substituents is 1. The summed E-state index contributed by atoms with van der Waals surface area (Å²) in [6.07, 6.45) is 1.32. The van der Waals surface area contributed by atoms with Crippen LogP contribution in [0.2, 0.25) is 0 Å². The van der Waals surface area contributed by atoms with Crippen molar-refractivity contribution in [2.45, 2.75) is 20.0 Å². The monoisotopic (exact) mass is 335 g/mol. The summed E-state index contributed by atoms with van der Waals surface area (Å²) in [5.41, 5.74) is 0.488. The number of carbonyl (C=O) groups is 3. The third-order valence-electron chi connectivity index (χ3n) is 2.75. The first kappa shape index (κ1) is 18.8. The minimum absolute atomic E-state index is 0.0645. The van der Waals surface area contributed by atoms with Crippen LogP contribution in [-0.4, -0.2) is 35.5 Å². The molecule has 0 spiro atoms. The van der Waals surface area contributed by atoms with Crippen molar-refractivity contribution in [3.05, 3.63) is 46.0 Å². The van der Waals surface area contributed by atoms with Crippen molar-refractivity contribution in [2.24, 2.45) is 0 Å². The molecule has 0 fully saturated rings. The Morgan fingerprint density at radius 3 is 2.46 bits per heavy atom. The molecule has 1 rings (SSSR count). The second kappa shape index (κ2) is 9.03. The van der Waals surface area contributed by atoms with Gasteiger partial charge in [0, 0.05) is 24.8 Å². The molecule has 0 saturated heterocycles. The Labute approximate surface area is 137 Å². The number of hydrogen-bond acceptors (Lipinski definition) is 6. The molecule has 128 valence electrons. The topological polar surface area (TPSA) is 128 Å². The van der Waals surface area contributed by atoms with Crippen molar-refractivity contribution >= 4 is 29.7 Å². The zero-order chi connectivity index (χ0) is 18.1. The fraction of sp³-hybridized carbons (Fsp3) is 0.267. The first-order chi connectivity index (χ1) is 11.3. The van der Waals surface area contributed by atoms with Gasteiger partial charge in [-0.25, -0.2) is 9.59 Å². The van der Waals surface area contributed by atoms with Crippen LogP contribution in [0.1, 0.15) is 19.4 Å². The zero-order valence-corrected chi connectivity index (χ0v) is 13.1. The van der Waals surface area contributed by atoms with Crippen molar-refractivity contribution in [2.75, 3.05) is 6.54 Å². The molecule has 0 aliphatic heterocycles. The van der Waals surface area contributed by atoms with Gasteiger partial charge in [-0.2, -0.15) is 0 Å². The molecule has 0 heterocycles. The zero-order valence-electron chi connectivity index (χ0n) is 13.1. The normalized spacial score (nSPS) is 11.6. The molecule has 0 aliphatic rings. The molecular weight excluding hydrogens is 318 g/mol. The minimum Gasteiger partial charge on any atom is -0.449 e. The van der Waals surface area contributed by atoms with Gasteiger partial charge in [0.25, 0.3) is 11.6 Å². The molecule has 0 aliphatic carbocycles. The average molecular weight is 335 g/mol. The van der Waals surface area contributed by atoms with Gasteiger partial charge >= 0.3 is 12.0 Å². The van der Waals surface area contributed by atoms with Crippen molar-refractivity contribution in [1.29, 1.82) is 0 Å². The molecule has 0 bridgehead atoms. The van der Waals surface area contributed by atoms with E-state index >= 15 is 0 Å². The molecule has 3 amide bonds. The lowest BCUT2D eigenvalue weighted by Gasteiger charge is -2.11. The number of esters is 1. The first-order valence-corrected chi connectivity index (χ1v) is 7.05. The standard InChI is InChI=1S/C15H17N3O6/c1-3-16-15(21)17-14(20)10(2)24-13(19)9-6-11-4-7-12(8-5-11)18(22)23/h4-10H,3H2,1-2H3,(H2,16,17,20,21)/b9-6+/t10-/m1/s1. The minimum atomic E-state index is -1.15. The summed E-state index contributed by atoms with van der Waals surface area (Å²) < 4.78 is 4.85. The molecule has 9 heteroatoms. The largest absolute Gasteiger partial charge is 0.449 e. The summed E-state index contributed by atoms with van der Waals surface area (Å²) >= 11 is 0. The van der Waals surface area contributed by atoms with Gasteiger partial charge in [-0.05, 0) is 37.6 Å². The third kappa shape index (κ3) is 6.26. The Kier molecular flexibility index (Phi) is 7.08. The second-order valence-electron chi connectivity index (χ2n) is 4.61. The van der Waals surface area contributed by atoms with Crippen LogP contribution in [0.15, 0.2) is 30.3 Å². The van der Waals surface area contributed by atoms with Gasteiger partial charge in [-0.15, -0.1) is 0 Å². The van der Waals surface area contributed by atoms with E-state index in [1.165, 1.54) is 37.3 Å². The number of hydrogen-bond donors (Lipinski definition) is 2. The van der Waals surface area contributed by atoms with Crippen LogP contribution < -0.4 is 10.6 Å². The Morgan fingerprint density at radius 2 is 1.92 bits per heavy atom. The van der Waals surface area contributed by atoms with E-state index in [1.807, 2.05) is 5.32 Å². The van der Waals surface area contributed by atoms with E-state index in [4.69, 9.17) is 4.74 Å². The fourth-order valence-corrected chi connectivity index (χ4v) is 1.56. The quantitative estimate of drug-likeness (QED) is 0.350. The SMILES string of the molecule is CCNC(=O)NC(=O)[C@@H](C)OC(=O)/C=C/c1ccc([N+](=O)[O-])cc1. The third-order valence-corrected chi connectivity index (χ3v) is 2.75. The van der Waals surface area contributed by atoms with Crippen molar-refractivity contribution in [3.63, 3.8) is 0 Å². The predicted molar refractivity (Wildman–Crippen MR) is 84.9 cm³/mol. The molecule has 0 radical (unpaired) electrons. The Bertz CT molecular complexity index is 654. The molecule has 1 aromatic rings. The molecule has 0 aromatic heterocycles. The maximum absolute atomic E-state index is 11.6. The maximum atomic E-state index is 11.6. The average Bonchev–Trinajstić information content (AvgIpc) is 2.53. The van der Waals surface area contributed by atoms with Crippen LogP contribution in [0.3, 0.4) is 0 Å². The van der Waals surface area contributed by atoms with Gasteiger partial charge in [0.05, 0.1) is 4.92 Å². The Balaban J connectivity index is 2.53. The number of nitro groups is 1. The number of nitrogens with zero attached hydrogens (tertiary/aromatic N) is 1. The van der Waals surface area contributed by atoms with E-state index < -0.39 is 28.9 Å². The lowest BCUT2D eigenvalue weighted by molar-refractivity contribution is -0.384. The number of nitro benzene ring substituents is 1. The molecule has 24 heavy (non-hydrogen) atoms. The fourth-order valence-electron chi connectivity index (χ4n) is 1.56. The molecule has 9 nitrogen and oxygen atoms in total. The number of carbonyl (C=O) groups excluding carboxylic acids is 3. The number of ether oxygens (including phenoxy) is 1. The molecular formula is C15H17N3O6. The van der Waals surface area contributed by atoms with E-state index in [-0.39, 0.29) is 5.69 Å². The molecule has 0 unspecified atom stereocenters. The number of amides is 3. The second-order valence-corrected chi connectivity index (χ2v) is 4.61. The summed E-state index contributed by atoms with van der Waals surface area (Å²) in [4.78, 5) is 44.4. The molecule has 2 N–H and O–H groups in total. The Hall–Kier alpha value is -3.23. The number of nitrogens with one attached hydrogen (secondary N) is 2. The molecule has 1 aromatic carbocycles. The van der Waals surface area contributed by atoms with Crippen LogP contribution in [0.25, 0.3) is 6.08 Å². The van der Waals surface area contributed by atoms with E-state index in [1.54, 1.807) is 6.92 Å². The van der Waals surface area contributed by atoms with Gasteiger partial charge in [0.2, 0.25) is 0 Å². The van der Waals surface area contributed by atoms with Crippen LogP contribution in [-0.2, 0) is 14.3 Å². The Morgan fingerprint density at radius 1 is 1.29 bits per heavy atom. The summed E-state index contributed by atoms with van der Waals surface area (Å²) in [6, 6.07) is 4.85. The highest BCUT2D eigenvalue weighted by molar-refractivity contribution is 5.98. The maximum Gasteiger partial charge on any atom is 0.331 e.